The monoisotopic (exact) mass is 401 g/mol. The summed E-state index contributed by atoms with van der Waals surface area (Å²) < 4.78 is 1.50. The Morgan fingerprint density at radius 1 is 1.39 bits per heavy atom. The third-order valence-electron chi connectivity index (χ3n) is 5.28. The molecule has 1 aromatic carbocycles. The van der Waals surface area contributed by atoms with Crippen molar-refractivity contribution in [1.29, 1.82) is 0 Å². The minimum atomic E-state index is -0.394. The van der Waals surface area contributed by atoms with Crippen molar-refractivity contribution >= 4 is 22.0 Å². The van der Waals surface area contributed by atoms with E-state index >= 15 is 0 Å². The summed E-state index contributed by atoms with van der Waals surface area (Å²) in [5.74, 6) is 1.37. The van der Waals surface area contributed by atoms with Crippen LogP contribution in [0.25, 0.3) is 4.96 Å². The Bertz CT molecular complexity index is 997. The van der Waals surface area contributed by atoms with Crippen molar-refractivity contribution in [1.82, 2.24) is 19.5 Å². The molecule has 2 atom stereocenters. The van der Waals surface area contributed by atoms with Crippen LogP contribution in [0.15, 0.2) is 24.3 Å². The fourth-order valence-electron chi connectivity index (χ4n) is 3.89. The van der Waals surface area contributed by atoms with Crippen LogP contribution in [0.4, 0.5) is 5.69 Å². The van der Waals surface area contributed by atoms with Gasteiger partial charge in [0.15, 0.2) is 5.82 Å². The molecule has 2 aromatic heterocycles. The van der Waals surface area contributed by atoms with E-state index in [4.69, 9.17) is 0 Å². The highest BCUT2D eigenvalue weighted by atomic mass is 32.1. The second kappa shape index (κ2) is 7.48. The van der Waals surface area contributed by atoms with E-state index in [1.54, 1.807) is 12.1 Å². The molecule has 1 fully saturated rings. The number of rotatable bonds is 5. The summed E-state index contributed by atoms with van der Waals surface area (Å²) in [6.45, 7) is 6.04. The number of aryl methyl sites for hydroxylation is 1. The van der Waals surface area contributed by atoms with Gasteiger partial charge in [0.25, 0.3) is 5.69 Å². The number of piperidine rings is 1. The molecule has 3 heterocycles. The maximum Gasteiger partial charge on any atom is 0.269 e. The molecule has 4 rings (SSSR count). The first kappa shape index (κ1) is 18.8. The number of non-ortho nitro benzene ring substituents is 1. The summed E-state index contributed by atoms with van der Waals surface area (Å²) >= 11 is 1.43. The zero-order valence-electron chi connectivity index (χ0n) is 15.9. The Morgan fingerprint density at radius 3 is 2.75 bits per heavy atom. The van der Waals surface area contributed by atoms with Gasteiger partial charge in [0, 0.05) is 25.1 Å². The average molecular weight is 401 g/mol. The predicted octanol–water partition coefficient (Wildman–Crippen LogP) is 3.79. The Morgan fingerprint density at radius 2 is 2.14 bits per heavy atom. The average Bonchev–Trinajstić information content (AvgIpc) is 3.22. The van der Waals surface area contributed by atoms with Crippen molar-refractivity contribution in [3.05, 3.63) is 50.6 Å². The molecule has 9 heteroatoms. The van der Waals surface area contributed by atoms with Crippen LogP contribution in [-0.4, -0.2) is 42.6 Å². The van der Waals surface area contributed by atoms with Crippen molar-refractivity contribution in [2.45, 2.75) is 39.2 Å². The van der Waals surface area contributed by atoms with E-state index < -0.39 is 4.92 Å². The molecular formula is C19H23N5O3S. The van der Waals surface area contributed by atoms with E-state index in [2.05, 4.69) is 21.9 Å². The largest absolute Gasteiger partial charge is 0.492 e. The molecule has 0 bridgehead atoms. The summed E-state index contributed by atoms with van der Waals surface area (Å²) in [7, 11) is 0. The summed E-state index contributed by atoms with van der Waals surface area (Å²) in [5.41, 5.74) is 0.990. The van der Waals surface area contributed by atoms with Crippen molar-refractivity contribution < 1.29 is 10.0 Å². The number of nitro groups is 1. The lowest BCUT2D eigenvalue weighted by Gasteiger charge is -2.37. The number of aromatic hydroxyl groups is 1. The van der Waals surface area contributed by atoms with Gasteiger partial charge in [0.05, 0.1) is 15.8 Å². The van der Waals surface area contributed by atoms with Gasteiger partial charge in [-0.15, -0.1) is 5.10 Å². The first-order valence-electron chi connectivity index (χ1n) is 9.53. The topological polar surface area (TPSA) is 96.8 Å². The normalized spacial score (nSPS) is 19.1. The van der Waals surface area contributed by atoms with Crippen LogP contribution in [0.3, 0.4) is 0 Å². The SMILES string of the molecule is CCc1nc2sc(C(c3ccc([N+](=O)[O-])cc3)N3CCCC(C)C3)c(O)n2n1. The summed E-state index contributed by atoms with van der Waals surface area (Å²) in [6.07, 6.45) is 2.98. The zero-order chi connectivity index (χ0) is 19.8. The van der Waals surface area contributed by atoms with Crippen LogP contribution >= 0.6 is 11.3 Å². The van der Waals surface area contributed by atoms with Gasteiger partial charge in [0.1, 0.15) is 0 Å². The number of hydrogen-bond acceptors (Lipinski definition) is 7. The van der Waals surface area contributed by atoms with Crippen molar-refractivity contribution in [3.8, 4) is 5.88 Å². The second-order valence-corrected chi connectivity index (χ2v) is 8.37. The molecular weight excluding hydrogens is 378 g/mol. The fourth-order valence-corrected chi connectivity index (χ4v) is 5.02. The number of fused-ring (bicyclic) bond motifs is 1. The third kappa shape index (κ3) is 3.35. The van der Waals surface area contributed by atoms with Crippen LogP contribution in [0.1, 0.15) is 49.0 Å². The minimum absolute atomic E-state index is 0.0639. The Kier molecular flexibility index (Phi) is 5.03. The molecule has 0 radical (unpaired) electrons. The quantitative estimate of drug-likeness (QED) is 0.516. The van der Waals surface area contributed by atoms with Crippen molar-refractivity contribution in [3.63, 3.8) is 0 Å². The second-order valence-electron chi connectivity index (χ2n) is 7.36. The molecule has 1 aliphatic rings. The molecule has 28 heavy (non-hydrogen) atoms. The summed E-state index contributed by atoms with van der Waals surface area (Å²) in [4.78, 5) is 18.9. The number of nitrogens with zero attached hydrogens (tertiary/aromatic N) is 5. The van der Waals surface area contributed by atoms with Crippen LogP contribution in [0, 0.1) is 16.0 Å². The summed E-state index contributed by atoms with van der Waals surface area (Å²) in [6, 6.07) is 6.45. The smallest absolute Gasteiger partial charge is 0.269 e. The van der Waals surface area contributed by atoms with Gasteiger partial charge in [0.2, 0.25) is 10.8 Å². The number of aromatic nitrogens is 3. The number of likely N-dealkylation sites (tertiary alicyclic amines) is 1. The Hall–Kier alpha value is -2.52. The lowest BCUT2D eigenvalue weighted by atomic mass is 9.95. The van der Waals surface area contributed by atoms with E-state index in [9.17, 15) is 15.2 Å². The molecule has 148 valence electrons. The van der Waals surface area contributed by atoms with Crippen LogP contribution in [0.2, 0.25) is 0 Å². The highest BCUT2D eigenvalue weighted by Gasteiger charge is 2.32. The maximum atomic E-state index is 11.0. The van der Waals surface area contributed by atoms with E-state index in [0.29, 0.717) is 23.1 Å². The highest BCUT2D eigenvalue weighted by Crippen LogP contribution is 2.41. The number of hydrogen-bond donors (Lipinski definition) is 1. The molecule has 8 nitrogen and oxygen atoms in total. The van der Waals surface area contributed by atoms with Crippen molar-refractivity contribution in [2.75, 3.05) is 13.1 Å². The molecule has 2 unspecified atom stereocenters. The van der Waals surface area contributed by atoms with Gasteiger partial charge in [-0.05, 0) is 30.9 Å². The van der Waals surface area contributed by atoms with Gasteiger partial charge in [-0.3, -0.25) is 15.0 Å². The predicted molar refractivity (Wildman–Crippen MR) is 107 cm³/mol. The Balaban J connectivity index is 1.79. The van der Waals surface area contributed by atoms with Crippen LogP contribution in [-0.2, 0) is 6.42 Å². The molecule has 3 aromatic rings. The first-order valence-corrected chi connectivity index (χ1v) is 10.3. The van der Waals surface area contributed by atoms with Gasteiger partial charge >= 0.3 is 0 Å². The lowest BCUT2D eigenvalue weighted by molar-refractivity contribution is -0.384. The van der Waals surface area contributed by atoms with Crippen LogP contribution in [0.5, 0.6) is 5.88 Å². The number of benzene rings is 1. The van der Waals surface area contributed by atoms with Crippen LogP contribution < -0.4 is 0 Å². The third-order valence-corrected chi connectivity index (χ3v) is 6.35. The molecule has 0 spiro atoms. The van der Waals surface area contributed by atoms with Gasteiger partial charge in [-0.2, -0.15) is 4.52 Å². The molecule has 1 aliphatic heterocycles. The van der Waals surface area contributed by atoms with Gasteiger partial charge in [-0.25, -0.2) is 4.98 Å². The first-order chi connectivity index (χ1) is 13.5. The lowest BCUT2D eigenvalue weighted by Crippen LogP contribution is -2.37. The van der Waals surface area contributed by atoms with Gasteiger partial charge < -0.3 is 5.11 Å². The van der Waals surface area contributed by atoms with Crippen molar-refractivity contribution in [2.24, 2.45) is 5.92 Å². The zero-order valence-corrected chi connectivity index (χ0v) is 16.7. The number of thiazole rings is 1. The maximum absolute atomic E-state index is 11.0. The summed E-state index contributed by atoms with van der Waals surface area (Å²) in [5, 5.41) is 26.3. The molecule has 0 saturated carbocycles. The standard InChI is InChI=1S/C19H23N5O3S/c1-3-15-20-19-23(21-15)18(25)17(28-19)16(22-10-4-5-12(2)11-22)13-6-8-14(9-7-13)24(26)27/h6-9,12,16,25H,3-5,10-11H2,1-2H3. The van der Waals surface area contributed by atoms with E-state index in [1.165, 1.54) is 34.4 Å². The van der Waals surface area contributed by atoms with E-state index in [1.807, 2.05) is 6.92 Å². The Labute approximate surface area is 166 Å². The van der Waals surface area contributed by atoms with Gasteiger partial charge in [-0.1, -0.05) is 37.3 Å². The fraction of sp³-hybridized carbons (Fsp3) is 0.474. The molecule has 1 saturated heterocycles. The minimum Gasteiger partial charge on any atom is -0.492 e. The molecule has 0 amide bonds. The van der Waals surface area contributed by atoms with E-state index in [0.717, 1.165) is 30.0 Å². The number of nitro benzene ring substituents is 1. The highest BCUT2D eigenvalue weighted by molar-refractivity contribution is 7.17. The van der Waals surface area contributed by atoms with E-state index in [-0.39, 0.29) is 17.6 Å². The molecule has 1 N–H and O–H groups in total. The molecule has 0 aliphatic carbocycles.